The van der Waals surface area contributed by atoms with Gasteiger partial charge in [0.05, 0.1) is 33.2 Å². The summed E-state index contributed by atoms with van der Waals surface area (Å²) in [5, 5.41) is 10.1. The first kappa shape index (κ1) is 23.6. The number of thiophene rings is 1. The van der Waals surface area contributed by atoms with Gasteiger partial charge in [0.2, 0.25) is 5.91 Å². The summed E-state index contributed by atoms with van der Waals surface area (Å²) in [7, 11) is 0. The Bertz CT molecular complexity index is 1870. The minimum Gasteiger partial charge on any atom is -0.336 e. The van der Waals surface area contributed by atoms with Crippen LogP contribution in [0.2, 0.25) is 0 Å². The lowest BCUT2D eigenvalue weighted by molar-refractivity contribution is -0.119. The molecule has 1 aliphatic carbocycles. The number of halogens is 2. The van der Waals surface area contributed by atoms with Gasteiger partial charge in [0.1, 0.15) is 22.7 Å². The van der Waals surface area contributed by atoms with Crippen molar-refractivity contribution in [3.63, 3.8) is 0 Å². The van der Waals surface area contributed by atoms with E-state index < -0.39 is 5.82 Å². The van der Waals surface area contributed by atoms with Crippen molar-refractivity contribution in [2.75, 3.05) is 5.32 Å². The highest BCUT2D eigenvalue weighted by molar-refractivity contribution is 7.13. The standard InChI is InChI=1S/C28H21F2N7OS/c29-21-8-7-20(39-21)25-24-19(9-10-32-25)34-27(35-24)26-22-18(36-37-26)6-5-17(23(22)30)15-11-16(13-31-12-15)33-28(38)14-3-1-2-4-14/h5-14H,1-4H2,(H,33,38)(H,34,35)(H,36,37). The first-order chi connectivity index (χ1) is 19.0. The maximum absolute atomic E-state index is 16.1. The van der Waals surface area contributed by atoms with Gasteiger partial charge in [-0.1, -0.05) is 12.8 Å². The largest absolute Gasteiger partial charge is 0.336 e. The number of hydrogen-bond donors (Lipinski definition) is 3. The van der Waals surface area contributed by atoms with Gasteiger partial charge in [0, 0.05) is 29.4 Å². The molecule has 5 aromatic heterocycles. The van der Waals surface area contributed by atoms with Gasteiger partial charge in [-0.25, -0.2) is 9.37 Å². The SMILES string of the molecule is O=C(Nc1cncc(-c2ccc3[nH]nc(-c4nc5c(-c6ccc(F)s6)nccc5[nH]4)c3c2F)c1)C1CCCC1. The Labute approximate surface area is 224 Å². The Morgan fingerprint density at radius 3 is 2.72 bits per heavy atom. The summed E-state index contributed by atoms with van der Waals surface area (Å²) < 4.78 is 29.8. The lowest BCUT2D eigenvalue weighted by atomic mass is 10.0. The van der Waals surface area contributed by atoms with E-state index >= 15 is 4.39 Å². The third-order valence-corrected chi connectivity index (χ3v) is 8.02. The molecule has 0 spiro atoms. The molecule has 5 heterocycles. The number of aromatic amines is 2. The zero-order valence-corrected chi connectivity index (χ0v) is 21.3. The highest BCUT2D eigenvalue weighted by Crippen LogP contribution is 2.36. The molecule has 194 valence electrons. The van der Waals surface area contributed by atoms with E-state index in [2.05, 4.69) is 35.5 Å². The number of H-pyrrole nitrogens is 2. The van der Waals surface area contributed by atoms with Crippen LogP contribution in [0.15, 0.2) is 55.0 Å². The van der Waals surface area contributed by atoms with E-state index in [9.17, 15) is 9.18 Å². The van der Waals surface area contributed by atoms with Crippen LogP contribution in [-0.2, 0) is 4.79 Å². The number of fused-ring (bicyclic) bond motifs is 2. The molecule has 0 unspecified atom stereocenters. The third kappa shape index (κ3) is 4.15. The predicted octanol–water partition coefficient (Wildman–Crippen LogP) is 6.70. The Balaban J connectivity index is 1.28. The van der Waals surface area contributed by atoms with Gasteiger partial charge in [0.15, 0.2) is 11.0 Å². The second-order valence-electron chi connectivity index (χ2n) is 9.60. The monoisotopic (exact) mass is 541 g/mol. The number of anilines is 1. The number of pyridine rings is 2. The van der Waals surface area contributed by atoms with Gasteiger partial charge in [0.25, 0.3) is 0 Å². The van der Waals surface area contributed by atoms with Crippen molar-refractivity contribution in [1.82, 2.24) is 30.1 Å². The summed E-state index contributed by atoms with van der Waals surface area (Å²) in [5.41, 5.74) is 3.93. The van der Waals surface area contributed by atoms with E-state index in [1.807, 2.05) is 0 Å². The maximum Gasteiger partial charge on any atom is 0.227 e. The summed E-state index contributed by atoms with van der Waals surface area (Å²) in [5.74, 6) is -0.150. The van der Waals surface area contributed by atoms with Crippen molar-refractivity contribution in [3.05, 3.63) is 65.9 Å². The average molecular weight is 542 g/mol. The number of benzene rings is 1. The number of aromatic nitrogens is 6. The topological polar surface area (TPSA) is 112 Å². The van der Waals surface area contributed by atoms with Crippen molar-refractivity contribution < 1.29 is 13.6 Å². The highest BCUT2D eigenvalue weighted by atomic mass is 32.1. The first-order valence-electron chi connectivity index (χ1n) is 12.6. The molecule has 0 saturated heterocycles. The number of imidazole rings is 1. The van der Waals surface area contributed by atoms with Crippen molar-refractivity contribution in [1.29, 1.82) is 0 Å². The summed E-state index contributed by atoms with van der Waals surface area (Å²) in [6.45, 7) is 0. The van der Waals surface area contributed by atoms with Crippen molar-refractivity contribution in [2.45, 2.75) is 25.7 Å². The van der Waals surface area contributed by atoms with Crippen LogP contribution in [0.5, 0.6) is 0 Å². The zero-order chi connectivity index (χ0) is 26.5. The van der Waals surface area contributed by atoms with Crippen LogP contribution >= 0.6 is 11.3 Å². The molecule has 1 fully saturated rings. The number of carbonyl (C=O) groups excluding carboxylic acids is 1. The number of rotatable bonds is 5. The molecule has 7 rings (SSSR count). The van der Waals surface area contributed by atoms with Crippen LogP contribution in [0, 0.1) is 16.9 Å². The molecule has 6 aromatic rings. The summed E-state index contributed by atoms with van der Waals surface area (Å²) >= 11 is 0.982. The molecule has 1 saturated carbocycles. The smallest absolute Gasteiger partial charge is 0.227 e. The van der Waals surface area contributed by atoms with Crippen LogP contribution < -0.4 is 5.32 Å². The Morgan fingerprint density at radius 2 is 1.90 bits per heavy atom. The molecule has 8 nitrogen and oxygen atoms in total. The fraction of sp³-hybridized carbons (Fsp3) is 0.179. The number of hydrogen-bond acceptors (Lipinski definition) is 6. The number of nitrogens with zero attached hydrogens (tertiary/aromatic N) is 4. The van der Waals surface area contributed by atoms with Gasteiger partial charge in [-0.15, -0.1) is 11.3 Å². The number of carbonyl (C=O) groups is 1. The second kappa shape index (κ2) is 9.35. The Morgan fingerprint density at radius 1 is 1.03 bits per heavy atom. The highest BCUT2D eigenvalue weighted by Gasteiger charge is 2.24. The van der Waals surface area contributed by atoms with Gasteiger partial charge < -0.3 is 10.3 Å². The summed E-state index contributed by atoms with van der Waals surface area (Å²) in [6.07, 6.45) is 8.64. The molecule has 0 radical (unpaired) electrons. The molecular weight excluding hydrogens is 520 g/mol. The molecule has 0 aliphatic heterocycles. The van der Waals surface area contributed by atoms with Crippen molar-refractivity contribution >= 4 is 44.9 Å². The zero-order valence-electron chi connectivity index (χ0n) is 20.5. The third-order valence-electron chi connectivity index (χ3n) is 7.14. The molecular formula is C28H21F2N7OS. The van der Waals surface area contributed by atoms with E-state index in [1.54, 1.807) is 48.9 Å². The van der Waals surface area contributed by atoms with Gasteiger partial charge in [-0.3, -0.25) is 19.9 Å². The van der Waals surface area contributed by atoms with Gasteiger partial charge in [-0.2, -0.15) is 9.49 Å². The fourth-order valence-electron chi connectivity index (χ4n) is 5.22. The lowest BCUT2D eigenvalue weighted by Gasteiger charge is -2.11. The molecule has 0 bridgehead atoms. The van der Waals surface area contributed by atoms with E-state index in [4.69, 9.17) is 0 Å². The minimum atomic E-state index is -0.489. The van der Waals surface area contributed by atoms with Crippen molar-refractivity contribution in [2.24, 2.45) is 5.92 Å². The average Bonchev–Trinajstić information content (AvgIpc) is 3.75. The van der Waals surface area contributed by atoms with Gasteiger partial charge in [-0.05, 0) is 49.2 Å². The van der Waals surface area contributed by atoms with E-state index in [0.717, 1.165) is 37.0 Å². The van der Waals surface area contributed by atoms with Crippen molar-refractivity contribution in [3.8, 4) is 33.2 Å². The van der Waals surface area contributed by atoms with Gasteiger partial charge >= 0.3 is 0 Å². The Hall–Kier alpha value is -4.51. The van der Waals surface area contributed by atoms with E-state index in [-0.39, 0.29) is 22.3 Å². The van der Waals surface area contributed by atoms with Crippen LogP contribution in [0.1, 0.15) is 25.7 Å². The molecule has 39 heavy (non-hydrogen) atoms. The van der Waals surface area contributed by atoms with Crippen LogP contribution in [-0.4, -0.2) is 36.0 Å². The second-order valence-corrected chi connectivity index (χ2v) is 10.6. The van der Waals surface area contributed by atoms with E-state index in [1.165, 1.54) is 6.07 Å². The van der Waals surface area contributed by atoms with Crippen LogP contribution in [0.4, 0.5) is 14.5 Å². The predicted molar refractivity (Wildman–Crippen MR) is 146 cm³/mol. The molecule has 11 heteroatoms. The maximum atomic E-state index is 16.1. The lowest BCUT2D eigenvalue weighted by Crippen LogP contribution is -2.20. The quantitative estimate of drug-likeness (QED) is 0.225. The normalized spacial score (nSPS) is 14.0. The summed E-state index contributed by atoms with van der Waals surface area (Å²) in [6, 6.07) is 9.93. The van der Waals surface area contributed by atoms with E-state index in [0.29, 0.717) is 55.5 Å². The van der Waals surface area contributed by atoms with Crippen LogP contribution in [0.3, 0.4) is 0 Å². The molecule has 1 amide bonds. The fourth-order valence-corrected chi connectivity index (χ4v) is 5.95. The number of amides is 1. The molecule has 3 N–H and O–H groups in total. The first-order valence-corrected chi connectivity index (χ1v) is 13.4. The molecule has 1 aliphatic rings. The molecule has 1 aromatic carbocycles. The van der Waals surface area contributed by atoms with Crippen LogP contribution in [0.25, 0.3) is 55.2 Å². The minimum absolute atomic E-state index is 0.00796. The Kier molecular flexibility index (Phi) is 5.66. The molecule has 0 atom stereocenters. The number of nitrogens with one attached hydrogen (secondary N) is 3. The summed E-state index contributed by atoms with van der Waals surface area (Å²) in [4.78, 5) is 29.8.